The Balaban J connectivity index is 0.000000357. The Morgan fingerprint density at radius 1 is 1.50 bits per heavy atom. The number of nitrogens with zero attached hydrogens (tertiary/aromatic N) is 2. The van der Waals surface area contributed by atoms with E-state index in [0.717, 1.165) is 32.4 Å². The molecule has 1 aliphatic heterocycles. The van der Waals surface area contributed by atoms with E-state index in [1.807, 2.05) is 12.1 Å². The number of carboxylic acids is 1. The quantitative estimate of drug-likeness (QED) is 0.889. The monoisotopic (exact) mass is 246 g/mol. The Morgan fingerprint density at radius 2 is 2.11 bits per heavy atom. The zero-order valence-electron chi connectivity index (χ0n) is 10.5. The van der Waals surface area contributed by atoms with Crippen LogP contribution in [-0.4, -0.2) is 34.9 Å². The molecule has 0 radical (unpaired) electrons. The summed E-state index contributed by atoms with van der Waals surface area (Å²) < 4.78 is 0. The summed E-state index contributed by atoms with van der Waals surface area (Å²) in [5.74, 6) is 0.189. The van der Waals surface area contributed by atoms with Crippen LogP contribution in [0, 0.1) is 0 Å². The molecule has 1 aliphatic rings. The van der Waals surface area contributed by atoms with Crippen LogP contribution < -0.4 is 0 Å². The van der Waals surface area contributed by atoms with E-state index in [1.165, 1.54) is 5.56 Å². The molecule has 0 unspecified atom stereocenters. The highest BCUT2D eigenvalue weighted by molar-refractivity contribution is 5.93. The fraction of sp³-hybridized carbons (Fsp3) is 0.286. The Labute approximate surface area is 107 Å². The van der Waals surface area contributed by atoms with Crippen molar-refractivity contribution in [2.45, 2.75) is 13.5 Å². The molecule has 0 saturated heterocycles. The van der Waals surface area contributed by atoms with Crippen molar-refractivity contribution in [2.24, 2.45) is 4.99 Å². The minimum absolute atomic E-state index is 0.833. The van der Waals surface area contributed by atoms with Gasteiger partial charge in [-0.15, -0.1) is 0 Å². The first-order valence-electron chi connectivity index (χ1n) is 5.78. The van der Waals surface area contributed by atoms with Crippen molar-refractivity contribution in [3.63, 3.8) is 0 Å². The van der Waals surface area contributed by atoms with Gasteiger partial charge in [0.2, 0.25) is 0 Å². The van der Waals surface area contributed by atoms with Crippen LogP contribution in [0.25, 0.3) is 0 Å². The average molecular weight is 246 g/mol. The van der Waals surface area contributed by atoms with Crippen LogP contribution >= 0.6 is 0 Å². The summed E-state index contributed by atoms with van der Waals surface area (Å²) in [6.45, 7) is 7.69. The van der Waals surface area contributed by atoms with E-state index in [0.29, 0.717) is 0 Å². The van der Waals surface area contributed by atoms with E-state index in [4.69, 9.17) is 9.90 Å². The number of carboxylic acid groups (broad SMARTS) is 1. The van der Waals surface area contributed by atoms with E-state index in [1.54, 1.807) is 0 Å². The number of carbonyl (C=O) groups is 1. The standard InChI is InChI=1S/C12H14N2.C2H4O2/c1-2-12-13-8-9-14(12)10-11-6-4-3-5-7-11;1-2(3)4/h2-7H,1,8-10H2;1H3,(H,3,4). The predicted octanol–water partition coefficient (Wildman–Crippen LogP) is 2.18. The molecule has 0 spiro atoms. The SMILES string of the molecule is C=CC1=NCCN1Cc1ccccc1.CC(=O)O. The van der Waals surface area contributed by atoms with Crippen LogP contribution in [0.1, 0.15) is 12.5 Å². The zero-order chi connectivity index (χ0) is 13.4. The molecule has 0 atom stereocenters. The summed E-state index contributed by atoms with van der Waals surface area (Å²) in [5.41, 5.74) is 1.32. The van der Waals surface area contributed by atoms with Crippen LogP contribution in [0.2, 0.25) is 0 Å². The van der Waals surface area contributed by atoms with Crippen molar-refractivity contribution < 1.29 is 9.90 Å². The Bertz CT molecular complexity index is 423. The summed E-state index contributed by atoms with van der Waals surface area (Å²) in [7, 11) is 0. The summed E-state index contributed by atoms with van der Waals surface area (Å²) in [6, 6.07) is 10.4. The highest BCUT2D eigenvalue weighted by Crippen LogP contribution is 2.09. The molecule has 2 rings (SSSR count). The third-order valence-corrected chi connectivity index (χ3v) is 2.37. The van der Waals surface area contributed by atoms with Crippen LogP contribution in [-0.2, 0) is 11.3 Å². The molecular weight excluding hydrogens is 228 g/mol. The van der Waals surface area contributed by atoms with Crippen LogP contribution in [0.4, 0.5) is 0 Å². The summed E-state index contributed by atoms with van der Waals surface area (Å²) in [5, 5.41) is 7.42. The second-order valence-electron chi connectivity index (χ2n) is 3.87. The fourth-order valence-electron chi connectivity index (χ4n) is 1.66. The summed E-state index contributed by atoms with van der Waals surface area (Å²) in [4.78, 5) is 15.6. The Kier molecular flexibility index (Phi) is 5.64. The molecule has 1 aromatic rings. The molecule has 0 aromatic heterocycles. The Morgan fingerprint density at radius 3 is 2.67 bits per heavy atom. The lowest BCUT2D eigenvalue weighted by molar-refractivity contribution is -0.134. The van der Waals surface area contributed by atoms with Gasteiger partial charge >= 0.3 is 0 Å². The molecule has 1 heterocycles. The lowest BCUT2D eigenvalue weighted by atomic mass is 10.2. The van der Waals surface area contributed by atoms with Crippen LogP contribution in [0.5, 0.6) is 0 Å². The van der Waals surface area contributed by atoms with Crippen molar-refractivity contribution in [3.05, 3.63) is 48.6 Å². The number of aliphatic imine (C=N–C) groups is 1. The molecule has 1 aromatic carbocycles. The van der Waals surface area contributed by atoms with Gasteiger partial charge in [0, 0.05) is 20.0 Å². The molecule has 0 fully saturated rings. The van der Waals surface area contributed by atoms with Gasteiger partial charge in [-0.25, -0.2) is 0 Å². The third kappa shape index (κ3) is 4.82. The predicted molar refractivity (Wildman–Crippen MR) is 72.7 cm³/mol. The molecule has 1 N–H and O–H groups in total. The molecule has 4 heteroatoms. The number of hydrogen-bond acceptors (Lipinski definition) is 3. The van der Waals surface area contributed by atoms with Gasteiger partial charge in [-0.1, -0.05) is 36.9 Å². The van der Waals surface area contributed by atoms with E-state index in [9.17, 15) is 0 Å². The lowest BCUT2D eigenvalue weighted by Crippen LogP contribution is -2.25. The maximum absolute atomic E-state index is 9.00. The molecule has 4 nitrogen and oxygen atoms in total. The van der Waals surface area contributed by atoms with E-state index in [-0.39, 0.29) is 0 Å². The molecule has 0 amide bonds. The van der Waals surface area contributed by atoms with E-state index < -0.39 is 5.97 Å². The highest BCUT2D eigenvalue weighted by Gasteiger charge is 2.13. The number of hydrogen-bond donors (Lipinski definition) is 1. The van der Waals surface area contributed by atoms with Gasteiger partial charge in [-0.05, 0) is 11.6 Å². The molecule has 18 heavy (non-hydrogen) atoms. The van der Waals surface area contributed by atoms with Gasteiger partial charge < -0.3 is 10.0 Å². The van der Waals surface area contributed by atoms with Gasteiger partial charge in [0.05, 0.1) is 6.54 Å². The second-order valence-corrected chi connectivity index (χ2v) is 3.87. The average Bonchev–Trinajstić information content (AvgIpc) is 2.77. The smallest absolute Gasteiger partial charge is 0.300 e. The van der Waals surface area contributed by atoms with Crippen molar-refractivity contribution in [3.8, 4) is 0 Å². The van der Waals surface area contributed by atoms with Gasteiger partial charge in [-0.2, -0.15) is 0 Å². The maximum atomic E-state index is 9.00. The molecular formula is C14H18N2O2. The molecule has 0 saturated carbocycles. The highest BCUT2D eigenvalue weighted by atomic mass is 16.4. The number of amidine groups is 1. The van der Waals surface area contributed by atoms with E-state index >= 15 is 0 Å². The van der Waals surface area contributed by atoms with Gasteiger partial charge in [0.15, 0.2) is 0 Å². The molecule has 0 bridgehead atoms. The first kappa shape index (κ1) is 14.0. The number of benzene rings is 1. The van der Waals surface area contributed by atoms with Gasteiger partial charge in [0.1, 0.15) is 5.84 Å². The second kappa shape index (κ2) is 7.27. The van der Waals surface area contributed by atoms with Crippen molar-refractivity contribution >= 4 is 11.8 Å². The number of aliphatic carboxylic acids is 1. The van der Waals surface area contributed by atoms with Gasteiger partial charge in [-0.3, -0.25) is 9.79 Å². The van der Waals surface area contributed by atoms with E-state index in [2.05, 4.69) is 40.7 Å². The third-order valence-electron chi connectivity index (χ3n) is 2.37. The van der Waals surface area contributed by atoms with Gasteiger partial charge in [0.25, 0.3) is 5.97 Å². The fourth-order valence-corrected chi connectivity index (χ4v) is 1.66. The Hall–Kier alpha value is -2.10. The first-order chi connectivity index (χ1) is 8.63. The summed E-state index contributed by atoms with van der Waals surface area (Å²) >= 11 is 0. The molecule has 96 valence electrons. The van der Waals surface area contributed by atoms with Crippen molar-refractivity contribution in [1.82, 2.24) is 4.90 Å². The largest absolute Gasteiger partial charge is 0.481 e. The summed E-state index contributed by atoms with van der Waals surface area (Å²) in [6.07, 6.45) is 1.83. The normalized spacial score (nSPS) is 13.4. The minimum Gasteiger partial charge on any atom is -0.481 e. The van der Waals surface area contributed by atoms with Crippen molar-refractivity contribution in [2.75, 3.05) is 13.1 Å². The minimum atomic E-state index is -0.833. The zero-order valence-corrected chi connectivity index (χ0v) is 10.5. The van der Waals surface area contributed by atoms with Crippen LogP contribution in [0.3, 0.4) is 0 Å². The van der Waals surface area contributed by atoms with Crippen LogP contribution in [0.15, 0.2) is 48.0 Å². The number of rotatable bonds is 3. The topological polar surface area (TPSA) is 52.9 Å². The lowest BCUT2D eigenvalue weighted by Gasteiger charge is -2.17. The molecule has 0 aliphatic carbocycles. The maximum Gasteiger partial charge on any atom is 0.300 e. The van der Waals surface area contributed by atoms with Crippen molar-refractivity contribution in [1.29, 1.82) is 0 Å². The first-order valence-corrected chi connectivity index (χ1v) is 5.78.